The minimum atomic E-state index is -4.77. The topological polar surface area (TPSA) is 132 Å². The number of phosphoric acid groups is 1. The number of allylic oxidation sites excluding steroid dienone is 7. The van der Waals surface area contributed by atoms with E-state index in [2.05, 4.69) is 67.0 Å². The van der Waals surface area contributed by atoms with Crippen LogP contribution in [0.15, 0.2) is 48.6 Å². The van der Waals surface area contributed by atoms with Gasteiger partial charge < -0.3 is 24.0 Å². The Labute approximate surface area is 284 Å². The monoisotopic (exact) mass is 682 g/mol. The van der Waals surface area contributed by atoms with Gasteiger partial charge in [-0.3, -0.25) is 14.1 Å². The summed E-state index contributed by atoms with van der Waals surface area (Å²) in [7, 11) is -4.77. The first kappa shape index (κ1) is 43.0. The highest BCUT2D eigenvalue weighted by atomic mass is 31.2. The summed E-state index contributed by atoms with van der Waals surface area (Å²) >= 11 is 0. The van der Waals surface area contributed by atoms with Gasteiger partial charge >= 0.3 is 19.8 Å². The van der Waals surface area contributed by atoms with Crippen LogP contribution in [0.5, 0.6) is 0 Å². The molecule has 2 unspecified atom stereocenters. The Balaban J connectivity index is 2.19. The summed E-state index contributed by atoms with van der Waals surface area (Å²) in [4.78, 5) is 42.7. The molecule has 0 saturated carbocycles. The van der Waals surface area contributed by atoms with Crippen LogP contribution in [0.4, 0.5) is 0 Å². The molecule has 3 atom stereocenters. The third kappa shape index (κ3) is 28.7. The summed E-state index contributed by atoms with van der Waals surface area (Å²) in [5, 5.41) is 0. The summed E-state index contributed by atoms with van der Waals surface area (Å²) < 4.78 is 32.0. The number of carbonyl (C=O) groups excluding carboxylic acids is 2. The van der Waals surface area contributed by atoms with Gasteiger partial charge in [0, 0.05) is 12.8 Å². The van der Waals surface area contributed by atoms with Gasteiger partial charge in [0.15, 0.2) is 6.10 Å². The van der Waals surface area contributed by atoms with Crippen LogP contribution < -0.4 is 0 Å². The summed E-state index contributed by atoms with van der Waals surface area (Å²) in [6.07, 6.45) is 35.7. The molecule has 2 N–H and O–H groups in total. The largest absolute Gasteiger partial charge is 0.469 e. The molecule has 47 heavy (non-hydrogen) atoms. The molecule has 1 aliphatic heterocycles. The van der Waals surface area contributed by atoms with E-state index in [4.69, 9.17) is 24.0 Å². The lowest BCUT2D eigenvalue weighted by Crippen LogP contribution is -2.29. The van der Waals surface area contributed by atoms with Crippen molar-refractivity contribution in [3.63, 3.8) is 0 Å². The molecule has 10 heteroatoms. The van der Waals surface area contributed by atoms with E-state index >= 15 is 0 Å². The molecule has 0 radical (unpaired) electrons. The fourth-order valence-electron chi connectivity index (χ4n) is 4.91. The summed E-state index contributed by atoms with van der Waals surface area (Å²) in [5.41, 5.74) is 0. The first-order valence-corrected chi connectivity index (χ1v) is 19.6. The Hall–Kier alpha value is -2.03. The van der Waals surface area contributed by atoms with Crippen molar-refractivity contribution in [3.8, 4) is 0 Å². The molecule has 0 aromatic carbocycles. The number of esters is 2. The molecular formula is C37H63O9P. The van der Waals surface area contributed by atoms with Crippen LogP contribution in [0.2, 0.25) is 0 Å². The van der Waals surface area contributed by atoms with E-state index in [0.717, 1.165) is 64.2 Å². The molecule has 0 aromatic heterocycles. The molecule has 0 aliphatic carbocycles. The van der Waals surface area contributed by atoms with Crippen molar-refractivity contribution < 1.29 is 42.7 Å². The van der Waals surface area contributed by atoms with Crippen LogP contribution in [0.3, 0.4) is 0 Å². The van der Waals surface area contributed by atoms with Gasteiger partial charge in [-0.25, -0.2) is 4.57 Å². The maximum atomic E-state index is 12.4. The molecule has 0 amide bonds. The molecule has 9 nitrogen and oxygen atoms in total. The van der Waals surface area contributed by atoms with Crippen LogP contribution in [-0.4, -0.2) is 53.3 Å². The lowest BCUT2D eigenvalue weighted by Gasteiger charge is -2.18. The smallest absolute Gasteiger partial charge is 0.462 e. The Morgan fingerprint density at radius 2 is 1.26 bits per heavy atom. The van der Waals surface area contributed by atoms with E-state index < -0.39 is 32.5 Å². The number of ether oxygens (including phenoxy) is 3. The SMILES string of the molecule is CCCC/C=C\CCCCCCCC(=O)OC[C@H](COP(=O)(O)O)OC(=O)CCCC1OC1C/C=C\C/C=C\C/C=C\CCCCC. The Bertz CT molecular complexity index is 969. The normalized spacial score (nSPS) is 17.4. The highest BCUT2D eigenvalue weighted by Gasteiger charge is 2.36. The Kier molecular flexibility index (Phi) is 26.5. The number of hydrogen-bond acceptors (Lipinski definition) is 7. The Morgan fingerprint density at radius 3 is 1.96 bits per heavy atom. The van der Waals surface area contributed by atoms with E-state index in [-0.39, 0.29) is 31.7 Å². The maximum Gasteiger partial charge on any atom is 0.469 e. The third-order valence-corrected chi connectivity index (χ3v) is 8.23. The molecule has 1 rings (SSSR count). The van der Waals surface area contributed by atoms with E-state index in [9.17, 15) is 14.2 Å². The number of phosphoric ester groups is 1. The van der Waals surface area contributed by atoms with E-state index in [1.807, 2.05) is 0 Å². The second-order valence-electron chi connectivity index (χ2n) is 12.2. The summed E-state index contributed by atoms with van der Waals surface area (Å²) in [6.45, 7) is 3.52. The number of unbranched alkanes of at least 4 members (excludes halogenated alkanes) is 10. The van der Waals surface area contributed by atoms with Crippen LogP contribution in [-0.2, 0) is 32.9 Å². The lowest BCUT2D eigenvalue weighted by molar-refractivity contribution is -0.161. The Morgan fingerprint density at radius 1 is 0.681 bits per heavy atom. The molecular weight excluding hydrogens is 619 g/mol. The number of hydrogen-bond donors (Lipinski definition) is 2. The predicted octanol–water partition coefficient (Wildman–Crippen LogP) is 9.38. The van der Waals surface area contributed by atoms with E-state index in [0.29, 0.717) is 19.3 Å². The zero-order valence-electron chi connectivity index (χ0n) is 29.1. The van der Waals surface area contributed by atoms with E-state index in [1.54, 1.807) is 0 Å². The zero-order valence-corrected chi connectivity index (χ0v) is 30.0. The highest BCUT2D eigenvalue weighted by molar-refractivity contribution is 7.46. The summed E-state index contributed by atoms with van der Waals surface area (Å²) in [6, 6.07) is 0. The van der Waals surface area contributed by atoms with Gasteiger partial charge in [-0.2, -0.15) is 0 Å². The molecule has 1 heterocycles. The molecule has 1 aliphatic rings. The van der Waals surface area contributed by atoms with E-state index in [1.165, 1.54) is 32.1 Å². The number of rotatable bonds is 31. The van der Waals surface area contributed by atoms with Crippen molar-refractivity contribution in [2.75, 3.05) is 13.2 Å². The van der Waals surface area contributed by atoms with Crippen molar-refractivity contribution >= 4 is 19.8 Å². The molecule has 1 saturated heterocycles. The van der Waals surface area contributed by atoms with Gasteiger partial charge in [0.1, 0.15) is 6.61 Å². The molecule has 0 bridgehead atoms. The highest BCUT2D eigenvalue weighted by Crippen LogP contribution is 2.36. The average molecular weight is 683 g/mol. The average Bonchev–Trinajstić information content (AvgIpc) is 3.79. The number of epoxide rings is 1. The van der Waals surface area contributed by atoms with Gasteiger partial charge in [0.25, 0.3) is 0 Å². The minimum Gasteiger partial charge on any atom is -0.462 e. The molecule has 0 aromatic rings. The van der Waals surface area contributed by atoms with Crippen LogP contribution >= 0.6 is 7.82 Å². The lowest BCUT2D eigenvalue weighted by atomic mass is 10.1. The zero-order chi connectivity index (χ0) is 34.4. The van der Waals surface area contributed by atoms with Crippen LogP contribution in [0.25, 0.3) is 0 Å². The van der Waals surface area contributed by atoms with Crippen molar-refractivity contribution in [1.29, 1.82) is 0 Å². The first-order valence-electron chi connectivity index (χ1n) is 18.1. The first-order chi connectivity index (χ1) is 22.7. The van der Waals surface area contributed by atoms with Gasteiger partial charge in [0.05, 0.1) is 18.8 Å². The fraction of sp³-hybridized carbons (Fsp3) is 0.730. The van der Waals surface area contributed by atoms with Gasteiger partial charge in [-0.05, 0) is 70.6 Å². The number of carbonyl (C=O) groups is 2. The van der Waals surface area contributed by atoms with Gasteiger partial charge in [-0.1, -0.05) is 107 Å². The summed E-state index contributed by atoms with van der Waals surface area (Å²) in [5.74, 6) is -0.978. The van der Waals surface area contributed by atoms with Crippen molar-refractivity contribution in [2.45, 2.75) is 161 Å². The van der Waals surface area contributed by atoms with Crippen molar-refractivity contribution in [3.05, 3.63) is 48.6 Å². The van der Waals surface area contributed by atoms with Crippen molar-refractivity contribution in [1.82, 2.24) is 0 Å². The maximum absolute atomic E-state index is 12.4. The van der Waals surface area contributed by atoms with Gasteiger partial charge in [-0.15, -0.1) is 0 Å². The quantitative estimate of drug-likeness (QED) is 0.0241. The molecule has 1 fully saturated rings. The third-order valence-electron chi connectivity index (χ3n) is 7.74. The van der Waals surface area contributed by atoms with Gasteiger partial charge in [0.2, 0.25) is 0 Å². The second-order valence-corrected chi connectivity index (χ2v) is 13.5. The second kappa shape index (κ2) is 28.9. The van der Waals surface area contributed by atoms with Crippen LogP contribution in [0, 0.1) is 0 Å². The molecule has 270 valence electrons. The fourth-order valence-corrected chi connectivity index (χ4v) is 5.27. The minimum absolute atomic E-state index is 0.114. The molecule has 0 spiro atoms. The van der Waals surface area contributed by atoms with Crippen molar-refractivity contribution in [2.24, 2.45) is 0 Å². The predicted molar refractivity (Wildman–Crippen MR) is 188 cm³/mol. The van der Waals surface area contributed by atoms with Crippen LogP contribution in [0.1, 0.15) is 142 Å². The standard InChI is InChI=1S/C37H63O9P/c1-3-5-7-9-11-13-15-17-18-20-22-24-27-34-35(46-34)28-26-30-37(39)45-33(32-44-47(40,41)42)31-43-36(38)29-25-23-21-19-16-14-12-10-8-6-4-2/h10-13,17-18,22,24,33-35H,3-9,14-16,19-21,23,25-32H2,1-2H3,(H2,40,41,42)/b12-10-,13-11-,18-17-,24-22-/t33-,34?,35?/m1/s1.